The van der Waals surface area contributed by atoms with Gasteiger partial charge in [0.05, 0.1) is 12.0 Å². The number of methoxy groups -OCH3 is 1. The number of esters is 1. The molecule has 0 aromatic heterocycles. The molecule has 0 unspecified atom stereocenters. The molecular weight excluding hydrogens is 436 g/mol. The molecule has 0 heterocycles. The average Bonchev–Trinajstić information content (AvgIpc) is 2.72. The predicted octanol–water partition coefficient (Wildman–Crippen LogP) is 2.86. The van der Waals surface area contributed by atoms with Gasteiger partial charge in [-0.1, -0.05) is 18.2 Å². The van der Waals surface area contributed by atoms with Crippen LogP contribution in [0.2, 0.25) is 0 Å². The van der Waals surface area contributed by atoms with Crippen LogP contribution in [-0.4, -0.2) is 51.8 Å². The Balaban J connectivity index is 1.99. The summed E-state index contributed by atoms with van der Waals surface area (Å²) < 4.78 is 65.1. The van der Waals surface area contributed by atoms with Crippen LogP contribution < -0.4 is 9.47 Å². The van der Waals surface area contributed by atoms with E-state index in [0.717, 1.165) is 4.31 Å². The fourth-order valence-electron chi connectivity index (χ4n) is 2.51. The first-order valence-electron chi connectivity index (χ1n) is 8.89. The average molecular weight is 457 g/mol. The molecule has 11 heteroatoms. The Morgan fingerprint density at radius 2 is 1.71 bits per heavy atom. The highest BCUT2D eigenvalue weighted by atomic mass is 32.2. The zero-order valence-electron chi connectivity index (χ0n) is 17.0. The van der Waals surface area contributed by atoms with E-state index in [4.69, 9.17) is 9.47 Å². The zero-order chi connectivity index (χ0) is 23.2. The summed E-state index contributed by atoms with van der Waals surface area (Å²) >= 11 is 0. The van der Waals surface area contributed by atoms with Crippen LogP contribution in [0, 0.1) is 0 Å². The smallest absolute Gasteiger partial charge is 0.387 e. The molecule has 0 saturated carbocycles. The van der Waals surface area contributed by atoms with Crippen LogP contribution in [0.5, 0.6) is 11.5 Å². The lowest BCUT2D eigenvalue weighted by Gasteiger charge is -2.17. The van der Waals surface area contributed by atoms with Crippen LogP contribution in [0.15, 0.2) is 47.4 Å². The Kier molecular flexibility index (Phi) is 8.06. The molecule has 0 aliphatic heterocycles. The number of carbonyl (C=O) groups is 2. The quantitative estimate of drug-likeness (QED) is 0.400. The third-order valence-electron chi connectivity index (χ3n) is 4.16. The van der Waals surface area contributed by atoms with Crippen molar-refractivity contribution in [1.82, 2.24) is 4.31 Å². The third-order valence-corrected chi connectivity index (χ3v) is 5.98. The number of alkyl halides is 2. The summed E-state index contributed by atoms with van der Waals surface area (Å²) in [5.41, 5.74) is 0.790. The summed E-state index contributed by atoms with van der Waals surface area (Å²) in [5.74, 6) is -1.17. The van der Waals surface area contributed by atoms with Crippen LogP contribution in [-0.2, 0) is 26.2 Å². The number of nitrogens with zero attached hydrogens (tertiary/aromatic N) is 1. The molecule has 168 valence electrons. The normalized spacial score (nSPS) is 11.5. The molecular formula is C20H21F2NO7S. The first-order valence-corrected chi connectivity index (χ1v) is 10.3. The first kappa shape index (κ1) is 24.2. The van der Waals surface area contributed by atoms with Gasteiger partial charge in [-0.15, -0.1) is 0 Å². The maximum Gasteiger partial charge on any atom is 0.387 e. The van der Waals surface area contributed by atoms with E-state index in [1.54, 1.807) is 0 Å². The van der Waals surface area contributed by atoms with Gasteiger partial charge in [0.1, 0.15) is 13.2 Å². The molecule has 0 amide bonds. The second-order valence-electron chi connectivity index (χ2n) is 6.37. The van der Waals surface area contributed by atoms with Gasteiger partial charge < -0.3 is 14.2 Å². The van der Waals surface area contributed by atoms with E-state index >= 15 is 0 Å². The number of halogens is 2. The Morgan fingerprint density at radius 3 is 2.26 bits per heavy atom. The summed E-state index contributed by atoms with van der Waals surface area (Å²) in [6, 6.07) is 9.35. The molecule has 2 aromatic rings. The number of likely N-dealkylation sites (N-methyl/N-ethyl adjacent to an activating group) is 1. The summed E-state index contributed by atoms with van der Waals surface area (Å²) in [6.45, 7) is -2.44. The van der Waals surface area contributed by atoms with Crippen molar-refractivity contribution in [3.8, 4) is 11.5 Å². The standard InChI is InChI=1S/C20H21F2NO7S/c1-13(24)15-5-7-16(8-6-15)31(26,27)23(2)11-19(25)29-12-14-4-9-17(30-20(21)22)18(10-14)28-3/h4-10,20H,11-12H2,1-3H3. The highest BCUT2D eigenvalue weighted by Gasteiger charge is 2.24. The molecule has 0 bridgehead atoms. The highest BCUT2D eigenvalue weighted by Crippen LogP contribution is 2.29. The van der Waals surface area contributed by atoms with E-state index in [9.17, 15) is 26.8 Å². The predicted molar refractivity (Wildman–Crippen MR) is 106 cm³/mol. The minimum absolute atomic E-state index is 0.0301. The van der Waals surface area contributed by atoms with Crippen molar-refractivity contribution in [2.75, 3.05) is 20.7 Å². The maximum atomic E-state index is 12.6. The number of carbonyl (C=O) groups excluding carboxylic acids is 2. The van der Waals surface area contributed by atoms with Gasteiger partial charge in [0.25, 0.3) is 0 Å². The van der Waals surface area contributed by atoms with E-state index in [2.05, 4.69) is 4.74 Å². The lowest BCUT2D eigenvalue weighted by atomic mass is 10.2. The van der Waals surface area contributed by atoms with E-state index in [1.165, 1.54) is 63.5 Å². The number of ketones is 1. The Labute approximate surface area is 178 Å². The first-order chi connectivity index (χ1) is 14.5. The van der Waals surface area contributed by atoms with E-state index < -0.39 is 29.1 Å². The lowest BCUT2D eigenvalue weighted by molar-refractivity contribution is -0.144. The third kappa shape index (κ3) is 6.46. The molecule has 0 saturated heterocycles. The second-order valence-corrected chi connectivity index (χ2v) is 8.41. The van der Waals surface area contributed by atoms with Crippen molar-refractivity contribution >= 4 is 21.8 Å². The van der Waals surface area contributed by atoms with E-state index in [1.807, 2.05) is 0 Å². The van der Waals surface area contributed by atoms with Crippen molar-refractivity contribution < 1.29 is 41.0 Å². The van der Waals surface area contributed by atoms with Crippen LogP contribution in [0.1, 0.15) is 22.8 Å². The van der Waals surface area contributed by atoms with Crippen LogP contribution in [0.4, 0.5) is 8.78 Å². The Morgan fingerprint density at radius 1 is 1.06 bits per heavy atom. The SMILES string of the molecule is COc1cc(COC(=O)CN(C)S(=O)(=O)c2ccc(C(C)=O)cc2)ccc1OC(F)F. The van der Waals surface area contributed by atoms with Gasteiger partial charge in [0.2, 0.25) is 10.0 Å². The minimum atomic E-state index is -3.97. The van der Waals surface area contributed by atoms with E-state index in [-0.39, 0.29) is 28.8 Å². The maximum absolute atomic E-state index is 12.6. The molecule has 31 heavy (non-hydrogen) atoms. The largest absolute Gasteiger partial charge is 0.493 e. The van der Waals surface area contributed by atoms with Gasteiger partial charge in [0.15, 0.2) is 17.3 Å². The highest BCUT2D eigenvalue weighted by molar-refractivity contribution is 7.89. The fourth-order valence-corrected chi connectivity index (χ4v) is 3.63. The van der Waals surface area contributed by atoms with Gasteiger partial charge in [-0.05, 0) is 36.8 Å². The van der Waals surface area contributed by atoms with Gasteiger partial charge in [-0.3, -0.25) is 9.59 Å². The van der Waals surface area contributed by atoms with E-state index in [0.29, 0.717) is 11.1 Å². The van der Waals surface area contributed by atoms with Gasteiger partial charge in [0, 0.05) is 12.6 Å². The summed E-state index contributed by atoms with van der Waals surface area (Å²) in [4.78, 5) is 23.3. The summed E-state index contributed by atoms with van der Waals surface area (Å²) in [5, 5.41) is 0. The van der Waals surface area contributed by atoms with Gasteiger partial charge in [-0.2, -0.15) is 13.1 Å². The zero-order valence-corrected chi connectivity index (χ0v) is 17.8. The van der Waals surface area contributed by atoms with Crippen molar-refractivity contribution in [3.63, 3.8) is 0 Å². The second kappa shape index (κ2) is 10.3. The topological polar surface area (TPSA) is 99.2 Å². The summed E-state index contributed by atoms with van der Waals surface area (Å²) in [7, 11) is -1.49. The molecule has 2 aromatic carbocycles. The molecule has 0 radical (unpaired) electrons. The van der Waals surface area contributed by atoms with Crippen LogP contribution in [0.25, 0.3) is 0 Å². The van der Waals surface area contributed by atoms with Crippen molar-refractivity contribution in [1.29, 1.82) is 0 Å². The summed E-state index contributed by atoms with van der Waals surface area (Å²) in [6.07, 6.45) is 0. The molecule has 0 aliphatic rings. The molecule has 2 rings (SSSR count). The van der Waals surface area contributed by atoms with Crippen molar-refractivity contribution in [2.24, 2.45) is 0 Å². The minimum Gasteiger partial charge on any atom is -0.493 e. The molecule has 0 atom stereocenters. The number of rotatable bonds is 10. The molecule has 8 nitrogen and oxygen atoms in total. The lowest BCUT2D eigenvalue weighted by Crippen LogP contribution is -2.33. The Hall–Kier alpha value is -3.05. The number of hydrogen-bond donors (Lipinski definition) is 0. The Bertz CT molecular complexity index is 1040. The van der Waals surface area contributed by atoms with Gasteiger partial charge >= 0.3 is 12.6 Å². The monoisotopic (exact) mass is 457 g/mol. The van der Waals surface area contributed by atoms with Crippen LogP contribution >= 0.6 is 0 Å². The molecule has 0 fully saturated rings. The van der Waals surface area contributed by atoms with Gasteiger partial charge in [-0.25, -0.2) is 8.42 Å². The van der Waals surface area contributed by atoms with Crippen LogP contribution in [0.3, 0.4) is 0 Å². The van der Waals surface area contributed by atoms with Crippen molar-refractivity contribution in [2.45, 2.75) is 25.0 Å². The number of ether oxygens (including phenoxy) is 3. The fraction of sp³-hybridized carbons (Fsp3) is 0.300. The number of benzene rings is 2. The molecule has 0 aliphatic carbocycles. The molecule has 0 spiro atoms. The number of Topliss-reactive ketones (excluding diaryl/α,β-unsaturated/α-hetero) is 1. The molecule has 0 N–H and O–H groups in total. The number of sulfonamides is 1. The number of hydrogen-bond acceptors (Lipinski definition) is 7. The van der Waals surface area contributed by atoms with Crippen molar-refractivity contribution in [3.05, 3.63) is 53.6 Å².